The third-order valence-electron chi connectivity index (χ3n) is 6.92. The van der Waals surface area contributed by atoms with E-state index in [1.165, 1.54) is 5.56 Å². The Morgan fingerprint density at radius 3 is 2.51 bits per heavy atom. The van der Waals surface area contributed by atoms with E-state index in [-0.39, 0.29) is 17.8 Å². The number of fused-ring (bicyclic) bond motifs is 1. The lowest BCUT2D eigenvalue weighted by Crippen LogP contribution is -2.41. The molecule has 2 aromatic carbocycles. The quantitative estimate of drug-likeness (QED) is 0.341. The number of piperidine rings is 1. The van der Waals surface area contributed by atoms with Gasteiger partial charge in [-0.25, -0.2) is 9.59 Å². The zero-order valence-corrected chi connectivity index (χ0v) is 21.0. The average molecular weight is 500 g/mol. The summed E-state index contributed by atoms with van der Waals surface area (Å²) in [5, 5.41) is 0. The van der Waals surface area contributed by atoms with E-state index in [2.05, 4.69) is 27.0 Å². The summed E-state index contributed by atoms with van der Waals surface area (Å²) in [6.45, 7) is 3.87. The van der Waals surface area contributed by atoms with Crippen molar-refractivity contribution in [2.24, 2.45) is 0 Å². The first-order valence-electron chi connectivity index (χ1n) is 12.9. The predicted molar refractivity (Wildman–Crippen MR) is 143 cm³/mol. The lowest BCUT2D eigenvalue weighted by molar-refractivity contribution is 0.0840. The van der Waals surface area contributed by atoms with Crippen LogP contribution in [0.1, 0.15) is 36.6 Å². The van der Waals surface area contributed by atoms with Crippen LogP contribution in [0.3, 0.4) is 0 Å². The fourth-order valence-electron chi connectivity index (χ4n) is 5.06. The van der Waals surface area contributed by atoms with Crippen LogP contribution < -0.4 is 5.69 Å². The molecule has 2 aromatic heterocycles. The van der Waals surface area contributed by atoms with E-state index in [1.807, 2.05) is 71.4 Å². The number of carbonyl (C=O) groups excluding carboxylic acids is 1. The van der Waals surface area contributed by atoms with Crippen LogP contribution in [0.4, 0.5) is 4.79 Å². The third kappa shape index (κ3) is 6.27. The van der Waals surface area contributed by atoms with Gasteiger partial charge in [0.1, 0.15) is 0 Å². The van der Waals surface area contributed by atoms with Gasteiger partial charge in [0, 0.05) is 45.0 Å². The molecule has 1 fully saturated rings. The number of aromatic amines is 1. The topological polar surface area (TPSA) is 83.5 Å². The van der Waals surface area contributed by atoms with Crippen molar-refractivity contribution in [1.82, 2.24) is 24.3 Å². The standard InChI is InChI=1S/C29H33N5O3/c35-28-31-26-12-4-5-13-27(26)34(28)25-14-18-33(19-15-25)29(36)37-20-8-17-32(21-23-9-2-1-3-10-23)22-24-11-6-7-16-30-24/h1-7,9-13,16,25H,8,14-15,17-22H2,(H,31,35). The zero-order valence-electron chi connectivity index (χ0n) is 21.0. The summed E-state index contributed by atoms with van der Waals surface area (Å²) in [4.78, 5) is 36.7. The summed E-state index contributed by atoms with van der Waals surface area (Å²) in [6, 6.07) is 24.1. The Morgan fingerprint density at radius 2 is 1.73 bits per heavy atom. The number of ether oxygens (including phenoxy) is 1. The minimum Gasteiger partial charge on any atom is -0.449 e. The Morgan fingerprint density at radius 1 is 0.973 bits per heavy atom. The number of carbonyl (C=O) groups is 1. The molecule has 0 bridgehead atoms. The summed E-state index contributed by atoms with van der Waals surface area (Å²) in [6.07, 6.45) is 3.74. The Kier molecular flexibility index (Phi) is 7.96. The Labute approximate surface area is 216 Å². The number of rotatable bonds is 9. The summed E-state index contributed by atoms with van der Waals surface area (Å²) >= 11 is 0. The van der Waals surface area contributed by atoms with Crippen LogP contribution >= 0.6 is 0 Å². The Hall–Kier alpha value is -3.91. The smallest absolute Gasteiger partial charge is 0.409 e. The number of aromatic nitrogens is 3. The molecule has 8 nitrogen and oxygen atoms in total. The van der Waals surface area contributed by atoms with Crippen molar-refractivity contribution < 1.29 is 9.53 Å². The first-order valence-corrected chi connectivity index (χ1v) is 12.9. The second-order valence-corrected chi connectivity index (χ2v) is 9.52. The van der Waals surface area contributed by atoms with Gasteiger partial charge < -0.3 is 14.6 Å². The molecule has 0 saturated carbocycles. The SMILES string of the molecule is O=C(OCCCN(Cc1ccccc1)Cc1ccccn1)N1CCC(n2c(=O)[nH]c3ccccc32)CC1. The number of benzene rings is 2. The minimum absolute atomic E-state index is 0.0749. The largest absolute Gasteiger partial charge is 0.449 e. The third-order valence-corrected chi connectivity index (χ3v) is 6.92. The maximum absolute atomic E-state index is 12.7. The molecule has 0 aliphatic carbocycles. The molecule has 1 saturated heterocycles. The van der Waals surface area contributed by atoms with E-state index in [0.29, 0.717) is 19.7 Å². The van der Waals surface area contributed by atoms with E-state index in [4.69, 9.17) is 4.74 Å². The van der Waals surface area contributed by atoms with Crippen molar-refractivity contribution in [2.75, 3.05) is 26.2 Å². The highest BCUT2D eigenvalue weighted by atomic mass is 16.6. The molecule has 0 atom stereocenters. The number of hydrogen-bond acceptors (Lipinski definition) is 5. The monoisotopic (exact) mass is 499 g/mol. The number of pyridine rings is 1. The van der Waals surface area contributed by atoms with E-state index < -0.39 is 0 Å². The number of hydrogen-bond donors (Lipinski definition) is 1. The van der Waals surface area contributed by atoms with E-state index in [0.717, 1.165) is 55.6 Å². The fourth-order valence-corrected chi connectivity index (χ4v) is 5.06. The molecule has 37 heavy (non-hydrogen) atoms. The number of likely N-dealkylation sites (tertiary alicyclic amines) is 1. The molecule has 1 amide bonds. The fraction of sp³-hybridized carbons (Fsp3) is 0.345. The van der Waals surface area contributed by atoms with Crippen LogP contribution in [-0.4, -0.2) is 56.7 Å². The van der Waals surface area contributed by atoms with E-state index >= 15 is 0 Å². The van der Waals surface area contributed by atoms with Gasteiger partial charge in [-0.3, -0.25) is 14.5 Å². The van der Waals surface area contributed by atoms with Crippen LogP contribution in [0.15, 0.2) is 83.8 Å². The predicted octanol–water partition coefficient (Wildman–Crippen LogP) is 4.59. The van der Waals surface area contributed by atoms with E-state index in [9.17, 15) is 9.59 Å². The molecule has 3 heterocycles. The molecule has 0 unspecified atom stereocenters. The maximum atomic E-state index is 12.7. The van der Waals surface area contributed by atoms with Crippen molar-refractivity contribution in [3.63, 3.8) is 0 Å². The Bertz CT molecular complexity index is 1300. The lowest BCUT2D eigenvalue weighted by Gasteiger charge is -2.32. The van der Waals surface area contributed by atoms with Crippen molar-refractivity contribution >= 4 is 17.1 Å². The van der Waals surface area contributed by atoms with Crippen molar-refractivity contribution in [3.8, 4) is 0 Å². The molecule has 192 valence electrons. The van der Waals surface area contributed by atoms with Gasteiger partial charge in [-0.15, -0.1) is 0 Å². The van der Waals surface area contributed by atoms with Gasteiger partial charge in [-0.2, -0.15) is 0 Å². The molecule has 4 aromatic rings. The van der Waals surface area contributed by atoms with Gasteiger partial charge in [0.2, 0.25) is 0 Å². The van der Waals surface area contributed by atoms with Gasteiger partial charge in [-0.1, -0.05) is 48.5 Å². The normalized spacial score (nSPS) is 14.4. The number of imidazole rings is 1. The number of amides is 1. The molecule has 5 rings (SSSR count). The second kappa shape index (κ2) is 11.9. The molecule has 1 aliphatic heterocycles. The van der Waals surface area contributed by atoms with Gasteiger partial charge in [0.25, 0.3) is 0 Å². The van der Waals surface area contributed by atoms with Crippen LogP contribution in [-0.2, 0) is 17.8 Å². The number of H-pyrrole nitrogens is 1. The molecule has 1 N–H and O–H groups in total. The first kappa shape index (κ1) is 24.8. The zero-order chi connectivity index (χ0) is 25.5. The first-order chi connectivity index (χ1) is 18.2. The second-order valence-electron chi connectivity index (χ2n) is 9.52. The van der Waals surface area contributed by atoms with Crippen molar-refractivity contribution in [3.05, 3.63) is 101 Å². The van der Waals surface area contributed by atoms with Crippen LogP contribution in [0.25, 0.3) is 11.0 Å². The number of nitrogens with one attached hydrogen (secondary N) is 1. The molecule has 8 heteroatoms. The van der Waals surface area contributed by atoms with Crippen molar-refractivity contribution in [1.29, 1.82) is 0 Å². The van der Waals surface area contributed by atoms with Crippen LogP contribution in [0, 0.1) is 0 Å². The maximum Gasteiger partial charge on any atom is 0.409 e. The van der Waals surface area contributed by atoms with Gasteiger partial charge in [-0.05, 0) is 49.1 Å². The lowest BCUT2D eigenvalue weighted by atomic mass is 10.0. The van der Waals surface area contributed by atoms with Gasteiger partial charge >= 0.3 is 11.8 Å². The number of para-hydroxylation sites is 2. The molecule has 0 radical (unpaired) electrons. The van der Waals surface area contributed by atoms with Crippen molar-refractivity contribution in [2.45, 2.75) is 38.4 Å². The Balaban J connectivity index is 1.10. The molecule has 0 spiro atoms. The average Bonchev–Trinajstić information content (AvgIpc) is 3.27. The minimum atomic E-state index is -0.274. The summed E-state index contributed by atoms with van der Waals surface area (Å²) in [5.41, 5.74) is 3.94. The molecular weight excluding hydrogens is 466 g/mol. The summed E-state index contributed by atoms with van der Waals surface area (Å²) < 4.78 is 7.46. The summed E-state index contributed by atoms with van der Waals surface area (Å²) in [5.74, 6) is 0. The van der Waals surface area contributed by atoms with Gasteiger partial charge in [0.15, 0.2) is 0 Å². The highest BCUT2D eigenvalue weighted by Gasteiger charge is 2.26. The molecular formula is C29H33N5O3. The highest BCUT2D eigenvalue weighted by molar-refractivity contribution is 5.75. The van der Waals surface area contributed by atoms with Crippen LogP contribution in [0.5, 0.6) is 0 Å². The van der Waals surface area contributed by atoms with Crippen LogP contribution in [0.2, 0.25) is 0 Å². The van der Waals surface area contributed by atoms with Gasteiger partial charge in [0.05, 0.1) is 23.3 Å². The van der Waals surface area contributed by atoms with E-state index in [1.54, 1.807) is 4.90 Å². The highest BCUT2D eigenvalue weighted by Crippen LogP contribution is 2.25. The number of nitrogens with zero attached hydrogens (tertiary/aromatic N) is 4. The molecule has 1 aliphatic rings. The summed E-state index contributed by atoms with van der Waals surface area (Å²) in [7, 11) is 0.